The molecule has 3 heterocycles. The van der Waals surface area contributed by atoms with Gasteiger partial charge in [-0.05, 0) is 17.3 Å². The molecule has 0 saturated carbocycles. The number of anilines is 1. The summed E-state index contributed by atoms with van der Waals surface area (Å²) >= 11 is 0. The minimum absolute atomic E-state index is 0.0977. The first-order valence-corrected chi connectivity index (χ1v) is 6.17. The van der Waals surface area contributed by atoms with Crippen molar-refractivity contribution in [2.24, 2.45) is 0 Å². The number of H-pyrrole nitrogens is 2. The summed E-state index contributed by atoms with van der Waals surface area (Å²) in [7, 11) is 0. The standard InChI is InChI=1S/C12H9N7O2/c20-11(13-12-16-18-19-17-12)10-7-5-21-8-4-2-1-3-6(8)9(7)14-15-10/h1-4H,5H2,(H,14,15)(H2,13,16,17,18,19,20). The summed E-state index contributed by atoms with van der Waals surface area (Å²) in [6, 6.07) is 7.55. The number of benzene rings is 1. The van der Waals surface area contributed by atoms with Gasteiger partial charge in [-0.25, -0.2) is 0 Å². The zero-order valence-electron chi connectivity index (χ0n) is 10.6. The maximum Gasteiger partial charge on any atom is 0.276 e. The van der Waals surface area contributed by atoms with Crippen molar-refractivity contribution in [3.8, 4) is 17.0 Å². The van der Waals surface area contributed by atoms with Gasteiger partial charge in [0.2, 0.25) is 0 Å². The van der Waals surface area contributed by atoms with Gasteiger partial charge in [0.1, 0.15) is 23.7 Å². The van der Waals surface area contributed by atoms with Crippen LogP contribution < -0.4 is 10.1 Å². The predicted molar refractivity (Wildman–Crippen MR) is 70.5 cm³/mol. The van der Waals surface area contributed by atoms with Gasteiger partial charge in [0.05, 0.1) is 0 Å². The van der Waals surface area contributed by atoms with Crippen LogP contribution in [0.3, 0.4) is 0 Å². The highest BCUT2D eigenvalue weighted by Gasteiger charge is 2.26. The lowest BCUT2D eigenvalue weighted by molar-refractivity contribution is 0.101. The van der Waals surface area contributed by atoms with Crippen molar-refractivity contribution in [3.63, 3.8) is 0 Å². The van der Waals surface area contributed by atoms with Crippen molar-refractivity contribution in [1.82, 2.24) is 30.8 Å². The van der Waals surface area contributed by atoms with E-state index in [9.17, 15) is 4.79 Å². The average molecular weight is 283 g/mol. The van der Waals surface area contributed by atoms with Gasteiger partial charge in [-0.15, -0.1) is 5.10 Å². The van der Waals surface area contributed by atoms with E-state index in [1.807, 2.05) is 24.3 Å². The molecule has 0 bridgehead atoms. The van der Waals surface area contributed by atoms with Crippen LogP contribution in [-0.2, 0) is 6.61 Å². The fourth-order valence-corrected chi connectivity index (χ4v) is 2.23. The Morgan fingerprint density at radius 2 is 2.19 bits per heavy atom. The molecule has 0 fully saturated rings. The Bertz CT molecular complexity index is 809. The summed E-state index contributed by atoms with van der Waals surface area (Å²) in [5.41, 5.74) is 2.60. The van der Waals surface area contributed by atoms with Gasteiger partial charge >= 0.3 is 0 Å². The number of amides is 1. The lowest BCUT2D eigenvalue weighted by Gasteiger charge is -2.16. The molecule has 0 radical (unpaired) electrons. The number of ether oxygens (including phenoxy) is 1. The zero-order valence-corrected chi connectivity index (χ0v) is 10.6. The average Bonchev–Trinajstić information content (AvgIpc) is 3.15. The maximum absolute atomic E-state index is 12.2. The largest absolute Gasteiger partial charge is 0.488 e. The van der Waals surface area contributed by atoms with E-state index < -0.39 is 5.91 Å². The number of hydrogen-bond donors (Lipinski definition) is 3. The van der Waals surface area contributed by atoms with Crippen molar-refractivity contribution in [1.29, 1.82) is 0 Å². The Kier molecular flexibility index (Phi) is 2.43. The van der Waals surface area contributed by atoms with Gasteiger partial charge in [-0.1, -0.05) is 17.2 Å². The smallest absolute Gasteiger partial charge is 0.276 e. The van der Waals surface area contributed by atoms with Crippen molar-refractivity contribution in [2.75, 3.05) is 5.32 Å². The van der Waals surface area contributed by atoms with Crippen LogP contribution in [0, 0.1) is 0 Å². The third-order valence-corrected chi connectivity index (χ3v) is 3.18. The number of carbonyl (C=O) groups excluding carboxylic acids is 1. The second-order valence-corrected chi connectivity index (χ2v) is 4.40. The van der Waals surface area contributed by atoms with Crippen LogP contribution in [-0.4, -0.2) is 36.7 Å². The lowest BCUT2D eigenvalue weighted by atomic mass is 10.0. The third kappa shape index (κ3) is 1.83. The summed E-state index contributed by atoms with van der Waals surface area (Å²) in [6.07, 6.45) is 0. The Morgan fingerprint density at radius 3 is 3.05 bits per heavy atom. The number of aromatic amines is 2. The highest BCUT2D eigenvalue weighted by Crippen LogP contribution is 2.36. The fourth-order valence-electron chi connectivity index (χ4n) is 2.23. The van der Waals surface area contributed by atoms with E-state index in [4.69, 9.17) is 4.74 Å². The molecule has 9 heteroatoms. The molecular weight excluding hydrogens is 274 g/mol. The molecular formula is C12H9N7O2. The van der Waals surface area contributed by atoms with Gasteiger partial charge < -0.3 is 4.74 Å². The normalized spacial score (nSPS) is 12.2. The summed E-state index contributed by atoms with van der Waals surface area (Å²) in [5.74, 6) is 0.454. The number of aromatic nitrogens is 6. The molecule has 3 N–H and O–H groups in total. The summed E-state index contributed by atoms with van der Waals surface area (Å²) in [4.78, 5) is 12.2. The minimum atomic E-state index is -0.395. The quantitative estimate of drug-likeness (QED) is 0.637. The first-order valence-electron chi connectivity index (χ1n) is 6.17. The van der Waals surface area contributed by atoms with Gasteiger partial charge in [-0.3, -0.25) is 15.2 Å². The van der Waals surface area contributed by atoms with Crippen molar-refractivity contribution < 1.29 is 9.53 Å². The lowest BCUT2D eigenvalue weighted by Crippen LogP contribution is -2.17. The van der Waals surface area contributed by atoms with Crippen molar-refractivity contribution >= 4 is 11.9 Å². The molecule has 21 heavy (non-hydrogen) atoms. The number of nitrogens with zero attached hydrogens (tertiary/aromatic N) is 4. The van der Waals surface area contributed by atoms with E-state index in [0.29, 0.717) is 11.3 Å². The molecule has 0 aliphatic carbocycles. The molecule has 0 spiro atoms. The van der Waals surface area contributed by atoms with Crippen LogP contribution in [0.15, 0.2) is 24.3 Å². The molecule has 104 valence electrons. The number of tetrazole rings is 1. The molecule has 4 rings (SSSR count). The summed E-state index contributed by atoms with van der Waals surface area (Å²) in [5, 5.41) is 22.4. The maximum atomic E-state index is 12.2. The Morgan fingerprint density at radius 1 is 1.29 bits per heavy atom. The third-order valence-electron chi connectivity index (χ3n) is 3.18. The molecule has 0 saturated heterocycles. The second-order valence-electron chi connectivity index (χ2n) is 4.40. The van der Waals surface area contributed by atoms with Gasteiger partial charge in [-0.2, -0.15) is 10.3 Å². The van der Waals surface area contributed by atoms with Gasteiger partial charge in [0.25, 0.3) is 11.9 Å². The van der Waals surface area contributed by atoms with Crippen LogP contribution in [0.2, 0.25) is 0 Å². The molecule has 0 unspecified atom stereocenters. The Hall–Kier alpha value is -3.23. The number of nitrogens with one attached hydrogen (secondary N) is 3. The number of para-hydroxylation sites is 1. The summed E-state index contributed by atoms with van der Waals surface area (Å²) < 4.78 is 5.64. The molecule has 2 aromatic heterocycles. The first-order chi connectivity index (χ1) is 10.3. The molecule has 1 aromatic carbocycles. The van der Waals surface area contributed by atoms with E-state index in [1.54, 1.807) is 0 Å². The highest BCUT2D eigenvalue weighted by molar-refractivity contribution is 6.04. The van der Waals surface area contributed by atoms with E-state index >= 15 is 0 Å². The van der Waals surface area contributed by atoms with Crippen LogP contribution in [0.5, 0.6) is 5.75 Å². The number of hydrogen-bond acceptors (Lipinski definition) is 6. The SMILES string of the molecule is O=C(Nc1nn[nH]n1)c1[nH]nc2c1COc1ccccc1-2. The van der Waals surface area contributed by atoms with E-state index in [0.717, 1.165) is 17.0 Å². The number of carbonyl (C=O) groups is 1. The second kappa shape index (κ2) is 4.40. The van der Waals surface area contributed by atoms with E-state index in [2.05, 4.69) is 36.1 Å². The summed E-state index contributed by atoms with van der Waals surface area (Å²) in [6.45, 7) is 0.276. The topological polar surface area (TPSA) is 121 Å². The highest BCUT2D eigenvalue weighted by atomic mass is 16.5. The molecule has 1 aliphatic rings. The molecule has 0 atom stereocenters. The van der Waals surface area contributed by atoms with Crippen LogP contribution >= 0.6 is 0 Å². The predicted octanol–water partition coefficient (Wildman–Crippen LogP) is 0.734. The Labute approximate surface area is 117 Å². The van der Waals surface area contributed by atoms with Crippen molar-refractivity contribution in [3.05, 3.63) is 35.5 Å². The molecule has 9 nitrogen and oxygen atoms in total. The first kappa shape index (κ1) is 11.6. The number of rotatable bonds is 2. The minimum Gasteiger partial charge on any atom is -0.488 e. The van der Waals surface area contributed by atoms with Gasteiger partial charge in [0, 0.05) is 11.1 Å². The monoisotopic (exact) mass is 283 g/mol. The fraction of sp³-hybridized carbons (Fsp3) is 0.0833. The molecule has 1 amide bonds. The van der Waals surface area contributed by atoms with Crippen LogP contribution in [0.25, 0.3) is 11.3 Å². The Balaban J connectivity index is 1.71. The number of fused-ring (bicyclic) bond motifs is 3. The van der Waals surface area contributed by atoms with Crippen LogP contribution in [0.4, 0.5) is 5.95 Å². The van der Waals surface area contributed by atoms with Gasteiger partial charge in [0.15, 0.2) is 0 Å². The van der Waals surface area contributed by atoms with E-state index in [-0.39, 0.29) is 12.6 Å². The van der Waals surface area contributed by atoms with E-state index in [1.165, 1.54) is 0 Å². The molecule has 1 aliphatic heterocycles. The van der Waals surface area contributed by atoms with Crippen molar-refractivity contribution in [2.45, 2.75) is 6.61 Å². The zero-order chi connectivity index (χ0) is 14.2. The molecule has 3 aromatic rings. The van der Waals surface area contributed by atoms with Crippen LogP contribution in [0.1, 0.15) is 16.1 Å².